The summed E-state index contributed by atoms with van der Waals surface area (Å²) >= 11 is 1.66. The van der Waals surface area contributed by atoms with E-state index in [4.69, 9.17) is 38.3 Å². The second kappa shape index (κ2) is 29.9. The van der Waals surface area contributed by atoms with Crippen LogP contribution >= 0.6 is 11.3 Å². The third kappa shape index (κ3) is 17.9. The Morgan fingerprint density at radius 1 is 0.780 bits per heavy atom. The topological polar surface area (TPSA) is 147 Å². The fourth-order valence-corrected chi connectivity index (χ4v) is 6.62. The van der Waals surface area contributed by atoms with E-state index in [2.05, 4.69) is 35.4 Å². The Labute approximate surface area is 353 Å². The number of carbonyl (C=O) groups is 2. The fourth-order valence-electron chi connectivity index (χ4n) is 5.83. The van der Waals surface area contributed by atoms with Crippen LogP contribution < -0.4 is 15.0 Å². The number of ether oxygens (including phenoxy) is 7. The summed E-state index contributed by atoms with van der Waals surface area (Å²) in [4.78, 5) is 31.3. The number of aldehydes is 1. The molecule has 0 saturated carbocycles. The number of carbonyl (C=O) groups excluding carboxylic acids is 2. The molecule has 1 aromatic heterocycles. The number of aliphatic hydroxyl groups is 1. The van der Waals surface area contributed by atoms with Crippen LogP contribution in [0.4, 0.5) is 10.8 Å². The number of benzene rings is 3. The third-order valence-electron chi connectivity index (χ3n) is 8.69. The normalized spacial score (nSPS) is 11.6. The second-order valence-corrected chi connectivity index (χ2v) is 14.0. The molecule has 0 unspecified atom stereocenters. The Morgan fingerprint density at radius 3 is 1.93 bits per heavy atom. The van der Waals surface area contributed by atoms with E-state index in [1.165, 1.54) is 10.4 Å². The molecule has 1 amide bonds. The number of fused-ring (bicyclic) bond motifs is 1. The van der Waals surface area contributed by atoms with Crippen molar-refractivity contribution in [1.29, 1.82) is 0 Å². The number of hydrogen-bond donors (Lipinski definition) is 2. The van der Waals surface area contributed by atoms with Crippen LogP contribution in [0.3, 0.4) is 0 Å². The van der Waals surface area contributed by atoms with E-state index in [0.717, 1.165) is 63.8 Å². The maximum Gasteiger partial charge on any atom is 0.258 e. The zero-order valence-electron chi connectivity index (χ0n) is 35.4. The number of thiazole rings is 1. The summed E-state index contributed by atoms with van der Waals surface area (Å²) in [6.45, 7) is 15.0. The van der Waals surface area contributed by atoms with Crippen molar-refractivity contribution in [2.75, 3.05) is 116 Å². The van der Waals surface area contributed by atoms with Crippen LogP contribution in [0.5, 0.6) is 5.75 Å². The van der Waals surface area contributed by atoms with Crippen molar-refractivity contribution in [2.24, 2.45) is 0 Å². The maximum absolute atomic E-state index is 13.0. The van der Waals surface area contributed by atoms with Gasteiger partial charge in [-0.05, 0) is 67.3 Å². The first kappa shape index (κ1) is 49.1. The number of hydrogen-bond acceptors (Lipinski definition) is 13. The van der Waals surface area contributed by atoms with Crippen LogP contribution in [0.2, 0.25) is 0 Å². The zero-order chi connectivity index (χ0) is 42.5. The van der Waals surface area contributed by atoms with Gasteiger partial charge in [-0.1, -0.05) is 50.2 Å². The van der Waals surface area contributed by atoms with E-state index in [0.29, 0.717) is 92.3 Å². The van der Waals surface area contributed by atoms with Gasteiger partial charge < -0.3 is 53.3 Å². The minimum absolute atomic E-state index is 0.0266. The van der Waals surface area contributed by atoms with Crippen LogP contribution in [0.25, 0.3) is 11.3 Å². The minimum Gasteiger partial charge on any atom is -0.491 e. The van der Waals surface area contributed by atoms with Crippen LogP contribution in [0, 0.1) is 13.8 Å². The first-order valence-corrected chi connectivity index (χ1v) is 21.2. The molecule has 324 valence electrons. The molecule has 0 bridgehead atoms. The Hall–Kier alpha value is -4.25. The SMILES string of the molecule is CC.CNc1nc(-c2ccc3c(c2)CCN3C(=O)c2ccccc2C)c(C)s1.O=CCc1cccc(OCCOCCOCCOCCOCCOCCOCCO)c1. The highest BCUT2D eigenvalue weighted by molar-refractivity contribution is 7.16. The Balaban J connectivity index is 0.000000306. The molecule has 2 N–H and O–H groups in total. The van der Waals surface area contributed by atoms with E-state index >= 15 is 0 Å². The molecular weight excluding hydrogens is 775 g/mol. The van der Waals surface area contributed by atoms with Gasteiger partial charge in [-0.25, -0.2) is 4.98 Å². The first-order valence-electron chi connectivity index (χ1n) is 20.3. The maximum atomic E-state index is 13.0. The molecular formula is C45H63N3O10S. The highest BCUT2D eigenvalue weighted by Crippen LogP contribution is 2.36. The summed E-state index contributed by atoms with van der Waals surface area (Å²) in [5, 5.41) is 12.6. The smallest absolute Gasteiger partial charge is 0.258 e. The van der Waals surface area contributed by atoms with Crippen molar-refractivity contribution in [3.8, 4) is 17.0 Å². The van der Waals surface area contributed by atoms with Gasteiger partial charge in [0.15, 0.2) is 5.13 Å². The predicted molar refractivity (Wildman–Crippen MR) is 233 cm³/mol. The summed E-state index contributed by atoms with van der Waals surface area (Å²) in [5.41, 5.74) is 7.08. The van der Waals surface area contributed by atoms with E-state index in [1.807, 2.05) is 81.2 Å². The Morgan fingerprint density at radius 2 is 1.37 bits per heavy atom. The van der Waals surface area contributed by atoms with Crippen LogP contribution in [-0.4, -0.2) is 128 Å². The second-order valence-electron chi connectivity index (χ2n) is 12.8. The van der Waals surface area contributed by atoms with Gasteiger partial charge in [-0.2, -0.15) is 0 Å². The molecule has 5 rings (SSSR count). The fraction of sp³-hybridized carbons (Fsp3) is 0.489. The lowest BCUT2D eigenvalue weighted by atomic mass is 10.0. The van der Waals surface area contributed by atoms with Crippen molar-refractivity contribution >= 4 is 34.3 Å². The van der Waals surface area contributed by atoms with Crippen molar-refractivity contribution in [3.05, 3.63) is 93.9 Å². The molecule has 0 spiro atoms. The number of amides is 1. The Kier molecular flexibility index (Phi) is 24.9. The highest BCUT2D eigenvalue weighted by Gasteiger charge is 2.27. The lowest BCUT2D eigenvalue weighted by Crippen LogP contribution is -2.29. The van der Waals surface area contributed by atoms with Gasteiger partial charge in [0.25, 0.3) is 5.91 Å². The van der Waals surface area contributed by atoms with E-state index in [-0.39, 0.29) is 12.5 Å². The van der Waals surface area contributed by atoms with Crippen LogP contribution in [-0.2, 0) is 46.1 Å². The van der Waals surface area contributed by atoms with Crippen molar-refractivity contribution in [3.63, 3.8) is 0 Å². The lowest BCUT2D eigenvalue weighted by molar-refractivity contribution is -0.107. The van der Waals surface area contributed by atoms with Crippen LogP contribution in [0.1, 0.15) is 45.8 Å². The standard InChI is InChI=1S/C22H36O9.C21H21N3OS.C2H6/c23-5-4-21-2-1-3-22(20-21)31-19-18-30-17-16-29-15-14-28-13-12-27-11-10-26-9-8-25-7-6-24;1-13-6-4-5-7-17(13)20(25)24-11-10-15-12-16(8-9-18(15)24)19-14(2)26-21(22-3)23-19;1-2/h1-3,5,20,24H,4,6-19H2;4-9,12H,10-11H2,1-3H3,(H,22,23);1-2H3. The number of nitrogens with one attached hydrogen (secondary N) is 1. The number of rotatable bonds is 26. The molecule has 14 heteroatoms. The van der Waals surface area contributed by atoms with Gasteiger partial charge in [0.2, 0.25) is 0 Å². The van der Waals surface area contributed by atoms with Crippen molar-refractivity contribution < 1.29 is 47.9 Å². The highest BCUT2D eigenvalue weighted by atomic mass is 32.1. The van der Waals surface area contributed by atoms with Gasteiger partial charge in [-0.15, -0.1) is 11.3 Å². The molecule has 0 radical (unpaired) electrons. The molecule has 1 aliphatic rings. The molecule has 3 aromatic carbocycles. The zero-order valence-corrected chi connectivity index (χ0v) is 36.2. The van der Waals surface area contributed by atoms with E-state index in [1.54, 1.807) is 11.3 Å². The summed E-state index contributed by atoms with van der Waals surface area (Å²) < 4.78 is 37.6. The van der Waals surface area contributed by atoms with Crippen LogP contribution in [0.15, 0.2) is 66.7 Å². The molecule has 2 heterocycles. The molecule has 0 atom stereocenters. The molecule has 0 saturated heterocycles. The number of aryl methyl sites for hydroxylation is 2. The monoisotopic (exact) mass is 837 g/mol. The molecule has 0 fully saturated rings. The van der Waals surface area contributed by atoms with Crippen molar-refractivity contribution in [2.45, 2.75) is 40.5 Å². The minimum atomic E-state index is 0.0266. The van der Waals surface area contributed by atoms with E-state index < -0.39 is 0 Å². The summed E-state index contributed by atoms with van der Waals surface area (Å²) in [5.74, 6) is 0.814. The van der Waals surface area contributed by atoms with Gasteiger partial charge in [-0.3, -0.25) is 4.79 Å². The first-order chi connectivity index (χ1) is 28.9. The van der Waals surface area contributed by atoms with E-state index in [9.17, 15) is 9.59 Å². The predicted octanol–water partition coefficient (Wildman–Crippen LogP) is 6.60. The summed E-state index contributed by atoms with van der Waals surface area (Å²) in [6, 6.07) is 21.6. The molecule has 0 aliphatic carbocycles. The molecule has 59 heavy (non-hydrogen) atoms. The average molecular weight is 838 g/mol. The lowest BCUT2D eigenvalue weighted by Gasteiger charge is -2.18. The van der Waals surface area contributed by atoms with Gasteiger partial charge in [0.1, 0.15) is 18.6 Å². The quantitative estimate of drug-likeness (QED) is 0.0519. The number of anilines is 2. The average Bonchev–Trinajstić information content (AvgIpc) is 3.87. The largest absolute Gasteiger partial charge is 0.491 e. The third-order valence-corrected chi connectivity index (χ3v) is 9.68. The summed E-state index contributed by atoms with van der Waals surface area (Å²) in [6.07, 6.45) is 2.14. The molecule has 4 aromatic rings. The summed E-state index contributed by atoms with van der Waals surface area (Å²) in [7, 11) is 1.89. The van der Waals surface area contributed by atoms with Gasteiger partial charge >= 0.3 is 0 Å². The van der Waals surface area contributed by atoms with Crippen molar-refractivity contribution in [1.82, 2.24) is 4.98 Å². The van der Waals surface area contributed by atoms with Gasteiger partial charge in [0.05, 0.1) is 91.6 Å². The number of nitrogens with zero attached hydrogens (tertiary/aromatic N) is 2. The Bertz CT molecular complexity index is 1770. The molecule has 1 aliphatic heterocycles. The molecule has 13 nitrogen and oxygen atoms in total. The number of aliphatic hydroxyl groups excluding tert-OH is 1. The van der Waals surface area contributed by atoms with Gasteiger partial charge in [0, 0.05) is 41.7 Å². The number of aromatic nitrogens is 1.